The Hall–Kier alpha value is -3.75. The fourth-order valence-electron chi connectivity index (χ4n) is 3.86. The molecular weight excluding hydrogens is 388 g/mol. The van der Waals surface area contributed by atoms with Crippen LogP contribution in [0, 0.1) is 11.6 Å². The van der Waals surface area contributed by atoms with Gasteiger partial charge in [0.05, 0.1) is 6.33 Å². The zero-order chi connectivity index (χ0) is 20.7. The number of aromatic amines is 1. The molecule has 0 bridgehead atoms. The average Bonchev–Trinajstić information content (AvgIpc) is 3.12. The van der Waals surface area contributed by atoms with Crippen LogP contribution in [0.15, 0.2) is 48.8 Å². The van der Waals surface area contributed by atoms with Gasteiger partial charge in [0.1, 0.15) is 17.2 Å². The molecule has 0 amide bonds. The number of aromatic nitrogens is 4. The summed E-state index contributed by atoms with van der Waals surface area (Å²) in [5.41, 5.74) is 9.66. The molecule has 7 nitrogen and oxygen atoms in total. The molecule has 5 rings (SSSR count). The lowest BCUT2D eigenvalue weighted by atomic mass is 10.1. The molecule has 0 unspecified atom stereocenters. The Labute approximate surface area is 171 Å². The first kappa shape index (κ1) is 18.3. The number of nitrogens with zero attached hydrogens (tertiary/aromatic N) is 5. The Kier molecular flexibility index (Phi) is 4.42. The van der Waals surface area contributed by atoms with Crippen LogP contribution >= 0.6 is 0 Å². The first-order valence-corrected chi connectivity index (χ1v) is 9.57. The molecule has 0 atom stereocenters. The van der Waals surface area contributed by atoms with Crippen LogP contribution in [0.1, 0.15) is 11.1 Å². The number of rotatable bonds is 3. The summed E-state index contributed by atoms with van der Waals surface area (Å²) >= 11 is 0. The number of nitrogens with one attached hydrogen (secondary N) is 1. The van der Waals surface area contributed by atoms with Crippen molar-refractivity contribution in [1.29, 1.82) is 0 Å². The lowest BCUT2D eigenvalue weighted by Gasteiger charge is -2.25. The molecule has 0 saturated heterocycles. The van der Waals surface area contributed by atoms with Crippen LogP contribution in [-0.2, 0) is 13.1 Å². The third-order valence-corrected chi connectivity index (χ3v) is 5.29. The van der Waals surface area contributed by atoms with Crippen molar-refractivity contribution in [3.05, 3.63) is 71.6 Å². The smallest absolute Gasteiger partial charge is 0.224 e. The Bertz CT molecular complexity index is 1220. The van der Waals surface area contributed by atoms with Gasteiger partial charge in [-0.05, 0) is 17.7 Å². The monoisotopic (exact) mass is 407 g/mol. The van der Waals surface area contributed by atoms with E-state index in [1.807, 2.05) is 24.3 Å². The molecule has 4 aromatic rings. The molecule has 0 fully saturated rings. The van der Waals surface area contributed by atoms with Crippen LogP contribution in [0.25, 0.3) is 11.2 Å². The van der Waals surface area contributed by atoms with Crippen molar-refractivity contribution in [3.63, 3.8) is 0 Å². The van der Waals surface area contributed by atoms with E-state index in [1.165, 1.54) is 12.1 Å². The molecule has 3 N–H and O–H groups in total. The molecule has 1 aliphatic rings. The SMILES string of the molecule is Nc1nc(N2CCN(Cc3ccc(F)cc3F)c3ccccc3C2)c2[nH]cnc2n1. The average molecular weight is 407 g/mol. The van der Waals surface area contributed by atoms with Gasteiger partial charge in [-0.2, -0.15) is 9.97 Å². The zero-order valence-electron chi connectivity index (χ0n) is 16.0. The van der Waals surface area contributed by atoms with E-state index in [4.69, 9.17) is 5.73 Å². The maximum Gasteiger partial charge on any atom is 0.224 e. The summed E-state index contributed by atoms with van der Waals surface area (Å²) in [6.07, 6.45) is 1.57. The molecule has 152 valence electrons. The van der Waals surface area contributed by atoms with Crippen LogP contribution in [-0.4, -0.2) is 33.0 Å². The number of hydrogen-bond acceptors (Lipinski definition) is 6. The largest absolute Gasteiger partial charge is 0.368 e. The van der Waals surface area contributed by atoms with Crippen LogP contribution in [0.4, 0.5) is 26.2 Å². The second-order valence-electron chi connectivity index (χ2n) is 7.21. The fourth-order valence-corrected chi connectivity index (χ4v) is 3.86. The van der Waals surface area contributed by atoms with Gasteiger partial charge in [0.25, 0.3) is 0 Å². The second kappa shape index (κ2) is 7.25. The van der Waals surface area contributed by atoms with Gasteiger partial charge in [-0.1, -0.05) is 24.3 Å². The van der Waals surface area contributed by atoms with E-state index in [0.717, 1.165) is 22.8 Å². The van der Waals surface area contributed by atoms with Crippen molar-refractivity contribution in [2.45, 2.75) is 13.1 Å². The number of imidazole rings is 1. The highest BCUT2D eigenvalue weighted by molar-refractivity contribution is 5.84. The maximum absolute atomic E-state index is 14.3. The summed E-state index contributed by atoms with van der Waals surface area (Å²) in [5.74, 6) is -0.285. The lowest BCUT2D eigenvalue weighted by Crippen LogP contribution is -2.32. The van der Waals surface area contributed by atoms with Crippen molar-refractivity contribution in [3.8, 4) is 0 Å². The number of para-hydroxylation sites is 1. The standard InChI is InChI=1S/C21H19F2N7/c22-15-6-5-13(16(23)9-15)10-29-7-8-30(11-14-3-1-2-4-17(14)29)20-18-19(26-12-25-18)27-21(24)28-20/h1-6,9,12H,7-8,10-11H2,(H3,24,25,26,27,28). The van der Waals surface area contributed by atoms with E-state index < -0.39 is 11.6 Å². The molecule has 0 radical (unpaired) electrons. The normalized spacial score (nSPS) is 14.1. The lowest BCUT2D eigenvalue weighted by molar-refractivity contribution is 0.569. The van der Waals surface area contributed by atoms with Gasteiger partial charge in [-0.3, -0.25) is 0 Å². The highest BCUT2D eigenvalue weighted by Gasteiger charge is 2.24. The molecule has 9 heteroatoms. The number of nitrogens with two attached hydrogens (primary N) is 1. The molecule has 30 heavy (non-hydrogen) atoms. The molecule has 2 aromatic carbocycles. The summed E-state index contributed by atoms with van der Waals surface area (Å²) < 4.78 is 27.6. The molecule has 0 aliphatic carbocycles. The number of anilines is 3. The summed E-state index contributed by atoms with van der Waals surface area (Å²) in [6.45, 7) is 2.18. The van der Waals surface area contributed by atoms with E-state index in [2.05, 4.69) is 29.7 Å². The summed E-state index contributed by atoms with van der Waals surface area (Å²) in [4.78, 5) is 20.1. The van der Waals surface area contributed by atoms with Crippen molar-refractivity contribution in [1.82, 2.24) is 19.9 Å². The third-order valence-electron chi connectivity index (χ3n) is 5.29. The number of H-pyrrole nitrogens is 1. The van der Waals surface area contributed by atoms with Gasteiger partial charge in [-0.25, -0.2) is 13.8 Å². The number of fused-ring (bicyclic) bond motifs is 2. The summed E-state index contributed by atoms with van der Waals surface area (Å²) in [6, 6.07) is 11.7. The van der Waals surface area contributed by atoms with Gasteiger partial charge < -0.3 is 20.5 Å². The number of hydrogen-bond donors (Lipinski definition) is 2. The molecular formula is C21H19F2N7. The fraction of sp³-hybridized carbons (Fsp3) is 0.190. The second-order valence-corrected chi connectivity index (χ2v) is 7.21. The van der Waals surface area contributed by atoms with Crippen LogP contribution < -0.4 is 15.5 Å². The van der Waals surface area contributed by atoms with Gasteiger partial charge in [0.2, 0.25) is 5.95 Å². The van der Waals surface area contributed by atoms with Gasteiger partial charge in [0, 0.05) is 43.5 Å². The predicted molar refractivity (Wildman–Crippen MR) is 111 cm³/mol. The quantitative estimate of drug-likeness (QED) is 0.542. The van der Waals surface area contributed by atoms with E-state index in [1.54, 1.807) is 6.33 Å². The Balaban J connectivity index is 1.51. The number of benzene rings is 2. The van der Waals surface area contributed by atoms with Crippen molar-refractivity contribution >= 4 is 28.6 Å². The van der Waals surface area contributed by atoms with Crippen molar-refractivity contribution in [2.24, 2.45) is 0 Å². The predicted octanol–water partition coefficient (Wildman–Crippen LogP) is 3.24. The molecule has 0 spiro atoms. The zero-order valence-corrected chi connectivity index (χ0v) is 16.0. The van der Waals surface area contributed by atoms with Crippen LogP contribution in [0.3, 0.4) is 0 Å². The topological polar surface area (TPSA) is 87.0 Å². The van der Waals surface area contributed by atoms with Crippen LogP contribution in [0.2, 0.25) is 0 Å². The Morgan fingerprint density at radius 3 is 2.80 bits per heavy atom. The van der Waals surface area contributed by atoms with E-state index in [-0.39, 0.29) is 5.95 Å². The molecule has 1 aliphatic heterocycles. The van der Waals surface area contributed by atoms with Gasteiger partial charge >= 0.3 is 0 Å². The van der Waals surface area contributed by atoms with Crippen molar-refractivity contribution in [2.75, 3.05) is 28.6 Å². The minimum absolute atomic E-state index is 0.160. The van der Waals surface area contributed by atoms with Gasteiger partial charge in [-0.15, -0.1) is 0 Å². The number of halogens is 2. The third kappa shape index (κ3) is 3.28. The van der Waals surface area contributed by atoms with Crippen molar-refractivity contribution < 1.29 is 8.78 Å². The maximum atomic E-state index is 14.3. The molecule has 2 aromatic heterocycles. The first-order valence-electron chi connectivity index (χ1n) is 9.57. The summed E-state index contributed by atoms with van der Waals surface area (Å²) in [7, 11) is 0. The minimum Gasteiger partial charge on any atom is -0.368 e. The van der Waals surface area contributed by atoms with E-state index in [0.29, 0.717) is 43.2 Å². The minimum atomic E-state index is -0.580. The molecule has 3 heterocycles. The highest BCUT2D eigenvalue weighted by atomic mass is 19.1. The number of nitrogen functional groups attached to an aromatic ring is 1. The first-order chi connectivity index (χ1) is 14.6. The Morgan fingerprint density at radius 1 is 1.07 bits per heavy atom. The van der Waals surface area contributed by atoms with E-state index >= 15 is 0 Å². The van der Waals surface area contributed by atoms with Crippen LogP contribution in [0.5, 0.6) is 0 Å². The van der Waals surface area contributed by atoms with E-state index in [9.17, 15) is 8.78 Å². The Morgan fingerprint density at radius 2 is 1.93 bits per heavy atom. The summed E-state index contributed by atoms with van der Waals surface area (Å²) in [5, 5.41) is 0. The highest BCUT2D eigenvalue weighted by Crippen LogP contribution is 2.31. The molecule has 0 saturated carbocycles. The van der Waals surface area contributed by atoms with Gasteiger partial charge in [0.15, 0.2) is 11.5 Å².